The average Bonchev–Trinajstić information content (AvgIpc) is 3.26. The van der Waals surface area contributed by atoms with Gasteiger partial charge in [-0.15, -0.1) is 12.4 Å². The van der Waals surface area contributed by atoms with Crippen LogP contribution in [0.15, 0.2) is 41.3 Å². The van der Waals surface area contributed by atoms with Crippen LogP contribution in [0, 0.1) is 0 Å². The number of amides is 1. The minimum atomic E-state index is -3.36. The van der Waals surface area contributed by atoms with E-state index in [-0.39, 0.29) is 29.6 Å². The van der Waals surface area contributed by atoms with E-state index in [0.717, 1.165) is 23.2 Å². The molecule has 8 nitrogen and oxygen atoms in total. The third kappa shape index (κ3) is 6.67. The molecule has 0 aliphatic rings. The van der Waals surface area contributed by atoms with Crippen LogP contribution in [0.5, 0.6) is 11.5 Å². The molecule has 2 aromatic carbocycles. The number of rotatable bonds is 11. The lowest BCUT2D eigenvalue weighted by Crippen LogP contribution is -2.34. The fraction of sp³-hybridized carbons (Fsp3) is 0.440. The molecule has 36 heavy (non-hydrogen) atoms. The first kappa shape index (κ1) is 29.8. The molecule has 0 bridgehead atoms. The van der Waals surface area contributed by atoms with Gasteiger partial charge in [0.2, 0.25) is 5.91 Å². The molecule has 0 saturated heterocycles. The van der Waals surface area contributed by atoms with Crippen LogP contribution in [0.3, 0.4) is 0 Å². The molecule has 3 aromatic rings. The topological polar surface area (TPSA) is 89.0 Å². The number of carbonyl (C=O) groups is 1. The summed E-state index contributed by atoms with van der Waals surface area (Å²) in [6.07, 6.45) is 0.905. The molecule has 3 rings (SSSR count). The van der Waals surface area contributed by atoms with Gasteiger partial charge in [-0.1, -0.05) is 23.5 Å². The molecule has 1 amide bonds. The fourth-order valence-corrected chi connectivity index (χ4v) is 5.78. The minimum Gasteiger partial charge on any atom is -0.495 e. The normalized spacial score (nSPS) is 11.6. The SMILES string of the molecule is COc1ccc(OC)c2sc(N(CCCN(C)C)C(=O)Cc3ccc(S(=O)(=O)C(C)C)cc3)nc12.Cl. The predicted octanol–water partition coefficient (Wildman–Crippen LogP) is 4.44. The average molecular weight is 556 g/mol. The second-order valence-electron chi connectivity index (χ2n) is 8.76. The number of ether oxygens (including phenoxy) is 2. The highest BCUT2D eigenvalue weighted by Gasteiger charge is 2.23. The monoisotopic (exact) mass is 555 g/mol. The Bertz CT molecular complexity index is 1230. The Morgan fingerprint density at radius 1 is 1.00 bits per heavy atom. The fourth-order valence-electron chi connectivity index (χ4n) is 3.60. The Morgan fingerprint density at radius 2 is 1.61 bits per heavy atom. The summed E-state index contributed by atoms with van der Waals surface area (Å²) < 4.78 is 36.6. The number of benzene rings is 2. The van der Waals surface area contributed by atoms with Crippen molar-refractivity contribution in [2.24, 2.45) is 0 Å². The Morgan fingerprint density at radius 3 is 2.17 bits per heavy atom. The molecule has 1 heterocycles. The first-order valence-corrected chi connectivity index (χ1v) is 13.7. The van der Waals surface area contributed by atoms with Crippen LogP contribution in [0.4, 0.5) is 5.13 Å². The number of thiazole rings is 1. The van der Waals surface area contributed by atoms with Crippen LogP contribution >= 0.6 is 23.7 Å². The van der Waals surface area contributed by atoms with Crippen molar-refractivity contribution >= 4 is 54.8 Å². The van der Waals surface area contributed by atoms with Crippen molar-refractivity contribution in [3.05, 3.63) is 42.0 Å². The first-order chi connectivity index (χ1) is 16.6. The second-order valence-corrected chi connectivity index (χ2v) is 12.2. The molecule has 0 aliphatic carbocycles. The van der Waals surface area contributed by atoms with Gasteiger partial charge in [0.15, 0.2) is 15.0 Å². The van der Waals surface area contributed by atoms with Crippen molar-refractivity contribution in [3.63, 3.8) is 0 Å². The number of sulfone groups is 1. The van der Waals surface area contributed by atoms with Gasteiger partial charge in [-0.25, -0.2) is 13.4 Å². The van der Waals surface area contributed by atoms with E-state index in [2.05, 4.69) is 4.90 Å². The summed E-state index contributed by atoms with van der Waals surface area (Å²) in [4.78, 5) is 22.2. The lowest BCUT2D eigenvalue weighted by atomic mass is 10.1. The van der Waals surface area contributed by atoms with Crippen LogP contribution in [0.2, 0.25) is 0 Å². The lowest BCUT2D eigenvalue weighted by Gasteiger charge is -2.21. The van der Waals surface area contributed by atoms with Gasteiger partial charge in [-0.3, -0.25) is 9.69 Å². The van der Waals surface area contributed by atoms with Crippen LogP contribution in [-0.2, 0) is 21.1 Å². The molecule has 0 spiro atoms. The summed E-state index contributed by atoms with van der Waals surface area (Å²) in [6, 6.07) is 10.2. The molecular formula is C25H34ClN3O5S2. The number of halogens is 1. The van der Waals surface area contributed by atoms with E-state index < -0.39 is 15.1 Å². The zero-order valence-corrected chi connectivity index (χ0v) is 23.9. The summed E-state index contributed by atoms with van der Waals surface area (Å²) in [5.41, 5.74) is 1.40. The van der Waals surface area contributed by atoms with Gasteiger partial charge in [-0.05, 0) is 70.7 Å². The molecule has 198 valence electrons. The van der Waals surface area contributed by atoms with Gasteiger partial charge in [0, 0.05) is 6.54 Å². The number of hydrogen-bond donors (Lipinski definition) is 0. The van der Waals surface area contributed by atoms with Crippen molar-refractivity contribution < 1.29 is 22.7 Å². The summed E-state index contributed by atoms with van der Waals surface area (Å²) in [7, 11) is 3.81. The Balaban J connectivity index is 0.00000456. The third-order valence-corrected chi connectivity index (χ3v) is 8.91. The number of methoxy groups -OCH3 is 2. The third-order valence-electron chi connectivity index (χ3n) is 5.65. The van der Waals surface area contributed by atoms with Crippen LogP contribution in [0.1, 0.15) is 25.8 Å². The largest absolute Gasteiger partial charge is 0.495 e. The highest BCUT2D eigenvalue weighted by molar-refractivity contribution is 7.92. The number of hydrogen-bond acceptors (Lipinski definition) is 8. The molecule has 0 aliphatic heterocycles. The van der Waals surface area contributed by atoms with Gasteiger partial charge >= 0.3 is 0 Å². The van der Waals surface area contributed by atoms with E-state index in [9.17, 15) is 13.2 Å². The number of aromatic nitrogens is 1. The molecule has 0 atom stereocenters. The van der Waals surface area contributed by atoms with Crippen molar-refractivity contribution in [1.82, 2.24) is 9.88 Å². The minimum absolute atomic E-state index is 0. The molecular weight excluding hydrogens is 522 g/mol. The van der Waals surface area contributed by atoms with Crippen LogP contribution in [-0.4, -0.2) is 70.9 Å². The summed E-state index contributed by atoms with van der Waals surface area (Å²) in [5, 5.41) is 0.0701. The van der Waals surface area contributed by atoms with E-state index in [1.165, 1.54) is 11.3 Å². The molecule has 0 fully saturated rings. The summed E-state index contributed by atoms with van der Waals surface area (Å²) in [5.74, 6) is 1.18. The van der Waals surface area contributed by atoms with Crippen molar-refractivity contribution in [3.8, 4) is 11.5 Å². The first-order valence-electron chi connectivity index (χ1n) is 11.4. The maximum atomic E-state index is 13.5. The maximum Gasteiger partial charge on any atom is 0.233 e. The lowest BCUT2D eigenvalue weighted by molar-refractivity contribution is -0.118. The Labute approximate surface area is 223 Å². The van der Waals surface area contributed by atoms with E-state index >= 15 is 0 Å². The van der Waals surface area contributed by atoms with Crippen molar-refractivity contribution in [1.29, 1.82) is 0 Å². The van der Waals surface area contributed by atoms with Crippen LogP contribution < -0.4 is 14.4 Å². The van der Waals surface area contributed by atoms with Gasteiger partial charge in [0.05, 0.1) is 30.8 Å². The highest BCUT2D eigenvalue weighted by atomic mass is 35.5. The van der Waals surface area contributed by atoms with Crippen molar-refractivity contribution in [2.45, 2.75) is 36.8 Å². The standard InChI is InChI=1S/C25H33N3O5S2.ClH/c1-17(2)35(30,31)19-10-8-18(9-11-19)16-22(29)28(15-7-14-27(3)4)25-26-23-20(32-5)12-13-21(33-6)24(23)34-25;/h8-13,17H,7,14-16H2,1-6H3;1H. The smallest absolute Gasteiger partial charge is 0.233 e. The number of anilines is 1. The Kier molecular flexibility index (Phi) is 10.5. The molecule has 0 unspecified atom stereocenters. The zero-order valence-electron chi connectivity index (χ0n) is 21.5. The highest BCUT2D eigenvalue weighted by Crippen LogP contribution is 2.40. The Hall–Kier alpha value is -2.40. The molecule has 11 heteroatoms. The molecule has 1 aromatic heterocycles. The summed E-state index contributed by atoms with van der Waals surface area (Å²) in [6.45, 7) is 4.63. The zero-order chi connectivity index (χ0) is 25.8. The van der Waals surface area contributed by atoms with Crippen LogP contribution in [0.25, 0.3) is 10.2 Å². The molecule has 0 radical (unpaired) electrons. The van der Waals surface area contributed by atoms with E-state index in [4.69, 9.17) is 14.5 Å². The quantitative estimate of drug-likeness (QED) is 0.345. The molecule has 0 N–H and O–H groups in total. The van der Waals surface area contributed by atoms with E-state index in [0.29, 0.717) is 28.7 Å². The number of fused-ring (bicyclic) bond motifs is 1. The van der Waals surface area contributed by atoms with E-state index in [1.807, 2.05) is 20.2 Å². The number of carbonyl (C=O) groups excluding carboxylic acids is 1. The van der Waals surface area contributed by atoms with Gasteiger partial charge in [0.25, 0.3) is 0 Å². The van der Waals surface area contributed by atoms with Gasteiger partial charge < -0.3 is 14.4 Å². The van der Waals surface area contributed by atoms with Gasteiger partial charge in [-0.2, -0.15) is 0 Å². The van der Waals surface area contributed by atoms with Gasteiger partial charge in [0.1, 0.15) is 21.7 Å². The molecule has 0 saturated carbocycles. The predicted molar refractivity (Wildman–Crippen MR) is 148 cm³/mol. The summed E-state index contributed by atoms with van der Waals surface area (Å²) >= 11 is 1.39. The van der Waals surface area contributed by atoms with Crippen molar-refractivity contribution in [2.75, 3.05) is 46.3 Å². The number of nitrogens with zero attached hydrogens (tertiary/aromatic N) is 3. The maximum absolute atomic E-state index is 13.5. The second kappa shape index (κ2) is 12.7. The van der Waals surface area contributed by atoms with E-state index in [1.54, 1.807) is 63.3 Å².